The van der Waals surface area contributed by atoms with Crippen LogP contribution in [0.3, 0.4) is 0 Å². The van der Waals surface area contributed by atoms with Crippen molar-refractivity contribution in [2.45, 2.75) is 0 Å². The van der Waals surface area contributed by atoms with Crippen molar-refractivity contribution in [1.82, 2.24) is 4.98 Å². The minimum atomic E-state index is 0.267. The first-order valence-corrected chi connectivity index (χ1v) is 4.72. The number of allylic oxidation sites excluding steroid dienone is 6. The molecule has 2 heteroatoms. The van der Waals surface area contributed by atoms with Crippen LogP contribution in [-0.4, -0.2) is 10.1 Å². The third-order valence-electron chi connectivity index (χ3n) is 2.08. The van der Waals surface area contributed by atoms with Crippen molar-refractivity contribution in [1.29, 1.82) is 0 Å². The Bertz CT molecular complexity index is 439. The van der Waals surface area contributed by atoms with E-state index in [0.29, 0.717) is 0 Å². The van der Waals surface area contributed by atoms with Crippen molar-refractivity contribution < 1.29 is 5.11 Å². The molecule has 0 spiro atoms. The first kappa shape index (κ1) is 9.46. The van der Waals surface area contributed by atoms with Crippen molar-refractivity contribution in [3.8, 4) is 0 Å². The standard InChI is InChI=1S/C13H11NO/c15-13(12-5-1-2-6-12)8-7-11-4-3-9-14-10-11/h1-10,15H. The zero-order chi connectivity index (χ0) is 10.5. The number of aliphatic hydroxyl groups is 1. The number of aromatic nitrogens is 1. The lowest BCUT2D eigenvalue weighted by atomic mass is 10.2. The molecule has 0 bridgehead atoms. The Morgan fingerprint density at radius 3 is 2.73 bits per heavy atom. The molecule has 0 aromatic carbocycles. The molecule has 1 aliphatic rings. The van der Waals surface area contributed by atoms with Gasteiger partial charge < -0.3 is 5.11 Å². The van der Waals surface area contributed by atoms with E-state index < -0.39 is 0 Å². The lowest BCUT2D eigenvalue weighted by Gasteiger charge is -1.95. The van der Waals surface area contributed by atoms with Crippen molar-refractivity contribution in [2.24, 2.45) is 0 Å². The Kier molecular flexibility index (Phi) is 2.79. The van der Waals surface area contributed by atoms with Gasteiger partial charge in [0.2, 0.25) is 0 Å². The molecule has 1 aromatic rings. The molecule has 0 radical (unpaired) electrons. The SMILES string of the molecule is OC(C=Cc1cccnc1)=C1C=CC=C1. The van der Waals surface area contributed by atoms with Crippen LogP contribution in [0.2, 0.25) is 0 Å². The van der Waals surface area contributed by atoms with E-state index in [-0.39, 0.29) is 5.76 Å². The minimum absolute atomic E-state index is 0.267. The molecule has 0 saturated heterocycles. The third kappa shape index (κ3) is 2.44. The second kappa shape index (κ2) is 4.42. The quantitative estimate of drug-likeness (QED) is 0.739. The molecule has 1 aromatic heterocycles. The van der Waals surface area contributed by atoms with Crippen LogP contribution in [0.5, 0.6) is 0 Å². The van der Waals surface area contributed by atoms with Crippen LogP contribution in [0.4, 0.5) is 0 Å². The van der Waals surface area contributed by atoms with Gasteiger partial charge in [0, 0.05) is 18.0 Å². The van der Waals surface area contributed by atoms with Crippen LogP contribution >= 0.6 is 0 Å². The molecule has 0 fully saturated rings. The van der Waals surface area contributed by atoms with Crippen molar-refractivity contribution in [2.75, 3.05) is 0 Å². The fourth-order valence-electron chi connectivity index (χ4n) is 1.29. The van der Waals surface area contributed by atoms with Crippen LogP contribution in [0, 0.1) is 0 Å². The van der Waals surface area contributed by atoms with E-state index in [0.717, 1.165) is 11.1 Å². The summed E-state index contributed by atoms with van der Waals surface area (Å²) < 4.78 is 0. The van der Waals surface area contributed by atoms with Gasteiger partial charge in [-0.15, -0.1) is 0 Å². The Morgan fingerprint density at radius 1 is 1.27 bits per heavy atom. The maximum absolute atomic E-state index is 9.68. The highest BCUT2D eigenvalue weighted by atomic mass is 16.3. The highest BCUT2D eigenvalue weighted by molar-refractivity contribution is 5.54. The summed E-state index contributed by atoms with van der Waals surface area (Å²) in [6, 6.07) is 3.79. The third-order valence-corrected chi connectivity index (χ3v) is 2.08. The molecule has 1 heterocycles. The van der Waals surface area contributed by atoms with Gasteiger partial charge in [0.1, 0.15) is 5.76 Å². The maximum Gasteiger partial charge on any atom is 0.122 e. The summed E-state index contributed by atoms with van der Waals surface area (Å²) >= 11 is 0. The predicted molar refractivity (Wildman–Crippen MR) is 61.2 cm³/mol. The van der Waals surface area contributed by atoms with Gasteiger partial charge in [0.05, 0.1) is 0 Å². The average Bonchev–Trinajstić information content (AvgIpc) is 2.81. The molecule has 0 atom stereocenters. The topological polar surface area (TPSA) is 33.1 Å². The number of rotatable bonds is 2. The highest BCUT2D eigenvalue weighted by Crippen LogP contribution is 2.13. The van der Waals surface area contributed by atoms with E-state index in [9.17, 15) is 5.11 Å². The molecule has 15 heavy (non-hydrogen) atoms. The Hall–Kier alpha value is -2.09. The van der Waals surface area contributed by atoms with Crippen LogP contribution < -0.4 is 0 Å². The van der Waals surface area contributed by atoms with Gasteiger partial charge in [-0.3, -0.25) is 4.98 Å². The van der Waals surface area contributed by atoms with E-state index in [1.807, 2.05) is 42.5 Å². The van der Waals surface area contributed by atoms with Crippen LogP contribution in [0.15, 0.2) is 66.2 Å². The molecule has 0 unspecified atom stereocenters. The van der Waals surface area contributed by atoms with Gasteiger partial charge in [0.15, 0.2) is 0 Å². The number of pyridine rings is 1. The van der Waals surface area contributed by atoms with Crippen molar-refractivity contribution >= 4 is 6.08 Å². The van der Waals surface area contributed by atoms with Gasteiger partial charge in [-0.05, 0) is 23.8 Å². The molecule has 0 aliphatic heterocycles. The maximum atomic E-state index is 9.68. The molecular weight excluding hydrogens is 186 g/mol. The first-order chi connectivity index (χ1) is 7.36. The summed E-state index contributed by atoms with van der Waals surface area (Å²) in [6.07, 6.45) is 14.5. The van der Waals surface area contributed by atoms with E-state index in [1.165, 1.54) is 0 Å². The minimum Gasteiger partial charge on any atom is -0.507 e. The fourth-order valence-corrected chi connectivity index (χ4v) is 1.29. The summed E-state index contributed by atoms with van der Waals surface area (Å²) in [4.78, 5) is 3.98. The van der Waals surface area contributed by atoms with Crippen LogP contribution in [-0.2, 0) is 0 Å². The fraction of sp³-hybridized carbons (Fsp3) is 0. The number of nitrogens with zero attached hydrogens (tertiary/aromatic N) is 1. The second-order valence-electron chi connectivity index (χ2n) is 3.18. The van der Waals surface area contributed by atoms with E-state index in [4.69, 9.17) is 0 Å². The van der Waals surface area contributed by atoms with Crippen molar-refractivity contribution in [3.05, 3.63) is 71.8 Å². The van der Waals surface area contributed by atoms with Crippen LogP contribution in [0.25, 0.3) is 6.08 Å². The summed E-state index contributed by atoms with van der Waals surface area (Å²) in [5, 5.41) is 9.68. The summed E-state index contributed by atoms with van der Waals surface area (Å²) in [7, 11) is 0. The molecule has 2 nitrogen and oxygen atoms in total. The first-order valence-electron chi connectivity index (χ1n) is 4.72. The number of hydrogen-bond donors (Lipinski definition) is 1. The lowest BCUT2D eigenvalue weighted by molar-refractivity contribution is 0.430. The van der Waals surface area contributed by atoms with Crippen molar-refractivity contribution in [3.63, 3.8) is 0 Å². The smallest absolute Gasteiger partial charge is 0.122 e. The van der Waals surface area contributed by atoms with Gasteiger partial charge in [-0.25, -0.2) is 0 Å². The van der Waals surface area contributed by atoms with Gasteiger partial charge in [-0.1, -0.05) is 30.4 Å². The Labute approximate surface area is 88.6 Å². The van der Waals surface area contributed by atoms with Gasteiger partial charge >= 0.3 is 0 Å². The van der Waals surface area contributed by atoms with E-state index in [1.54, 1.807) is 18.5 Å². The molecule has 0 saturated carbocycles. The monoisotopic (exact) mass is 197 g/mol. The summed E-state index contributed by atoms with van der Waals surface area (Å²) in [5.74, 6) is 0.267. The molecule has 1 N–H and O–H groups in total. The summed E-state index contributed by atoms with van der Waals surface area (Å²) in [5.41, 5.74) is 1.80. The predicted octanol–water partition coefficient (Wildman–Crippen LogP) is 3.03. The molecule has 0 amide bonds. The van der Waals surface area contributed by atoms with Crippen LogP contribution in [0.1, 0.15) is 5.56 Å². The zero-order valence-electron chi connectivity index (χ0n) is 8.17. The normalized spacial score (nSPS) is 14.0. The molecule has 1 aliphatic carbocycles. The highest BCUT2D eigenvalue weighted by Gasteiger charge is 1.97. The van der Waals surface area contributed by atoms with Gasteiger partial charge in [-0.2, -0.15) is 0 Å². The number of aliphatic hydroxyl groups excluding tert-OH is 1. The largest absolute Gasteiger partial charge is 0.507 e. The summed E-state index contributed by atoms with van der Waals surface area (Å²) in [6.45, 7) is 0. The number of hydrogen-bond acceptors (Lipinski definition) is 2. The van der Waals surface area contributed by atoms with E-state index in [2.05, 4.69) is 4.98 Å². The average molecular weight is 197 g/mol. The zero-order valence-corrected chi connectivity index (χ0v) is 8.17. The molecule has 2 rings (SSSR count). The Balaban J connectivity index is 2.16. The Morgan fingerprint density at radius 2 is 2.07 bits per heavy atom. The van der Waals surface area contributed by atoms with E-state index >= 15 is 0 Å². The second-order valence-corrected chi connectivity index (χ2v) is 3.18. The lowest BCUT2D eigenvalue weighted by Crippen LogP contribution is -1.80. The molecule has 74 valence electrons. The van der Waals surface area contributed by atoms with Gasteiger partial charge in [0.25, 0.3) is 0 Å². The molecular formula is C13H11NO.